The molecule has 10 heavy (non-hydrogen) atoms. The zero-order chi connectivity index (χ0) is 7.98. The molecule has 0 radical (unpaired) electrons. The molecule has 0 atom stereocenters. The van der Waals surface area contributed by atoms with E-state index in [0.717, 1.165) is 11.3 Å². The SMILES string of the molecule is C=C(C)CC(=O)CSCC. The van der Waals surface area contributed by atoms with Crippen LogP contribution < -0.4 is 0 Å². The number of rotatable bonds is 5. The zero-order valence-corrected chi connectivity index (χ0v) is 7.46. The molecule has 2 heteroatoms. The first kappa shape index (κ1) is 9.76. The van der Waals surface area contributed by atoms with Gasteiger partial charge in [0.05, 0.1) is 5.75 Å². The second-order valence-electron chi connectivity index (χ2n) is 2.31. The summed E-state index contributed by atoms with van der Waals surface area (Å²) in [4.78, 5) is 10.9. The fourth-order valence-electron chi connectivity index (χ4n) is 0.604. The number of hydrogen-bond acceptors (Lipinski definition) is 2. The molecule has 0 unspecified atom stereocenters. The summed E-state index contributed by atoms with van der Waals surface area (Å²) >= 11 is 1.67. The Morgan fingerprint density at radius 2 is 2.20 bits per heavy atom. The molecule has 0 rings (SSSR count). The van der Waals surface area contributed by atoms with Gasteiger partial charge in [0.25, 0.3) is 0 Å². The highest BCUT2D eigenvalue weighted by Gasteiger charge is 1.99. The molecule has 0 bridgehead atoms. The Morgan fingerprint density at radius 1 is 1.60 bits per heavy atom. The normalized spacial score (nSPS) is 9.40. The van der Waals surface area contributed by atoms with Crippen molar-refractivity contribution in [3.05, 3.63) is 12.2 Å². The molecule has 0 saturated heterocycles. The number of Topliss-reactive ketones (excluding diaryl/α,β-unsaturated/α-hetero) is 1. The smallest absolute Gasteiger partial charge is 0.146 e. The van der Waals surface area contributed by atoms with E-state index < -0.39 is 0 Å². The third kappa shape index (κ3) is 5.89. The molecule has 0 aliphatic heterocycles. The molecule has 0 aromatic rings. The first-order valence-electron chi connectivity index (χ1n) is 3.40. The maximum absolute atomic E-state index is 10.9. The second kappa shape index (κ2) is 5.54. The highest BCUT2D eigenvalue weighted by Crippen LogP contribution is 2.03. The van der Waals surface area contributed by atoms with Crippen molar-refractivity contribution in [2.75, 3.05) is 11.5 Å². The fraction of sp³-hybridized carbons (Fsp3) is 0.625. The summed E-state index contributed by atoms with van der Waals surface area (Å²) in [5, 5.41) is 0. The van der Waals surface area contributed by atoms with Crippen molar-refractivity contribution in [2.45, 2.75) is 20.3 Å². The van der Waals surface area contributed by atoms with Crippen LogP contribution in [0.15, 0.2) is 12.2 Å². The Kier molecular flexibility index (Phi) is 5.40. The molecule has 1 nitrogen and oxygen atoms in total. The van der Waals surface area contributed by atoms with Gasteiger partial charge in [0.2, 0.25) is 0 Å². The summed E-state index contributed by atoms with van der Waals surface area (Å²) < 4.78 is 0. The van der Waals surface area contributed by atoms with E-state index in [9.17, 15) is 4.79 Å². The first-order valence-corrected chi connectivity index (χ1v) is 4.56. The standard InChI is InChI=1S/C8H14OS/c1-4-10-6-8(9)5-7(2)3/h2,4-6H2,1,3H3. The lowest BCUT2D eigenvalue weighted by atomic mass is 10.2. The third-order valence-electron chi connectivity index (χ3n) is 0.966. The average Bonchev–Trinajstić information content (AvgIpc) is 1.82. The van der Waals surface area contributed by atoms with E-state index in [0.29, 0.717) is 18.0 Å². The van der Waals surface area contributed by atoms with Crippen molar-refractivity contribution < 1.29 is 4.79 Å². The monoisotopic (exact) mass is 158 g/mol. The second-order valence-corrected chi connectivity index (χ2v) is 3.58. The third-order valence-corrected chi connectivity index (χ3v) is 1.90. The average molecular weight is 158 g/mol. The van der Waals surface area contributed by atoms with Crippen molar-refractivity contribution in [2.24, 2.45) is 0 Å². The van der Waals surface area contributed by atoms with Crippen LogP contribution >= 0.6 is 11.8 Å². The Bertz CT molecular complexity index is 129. The highest BCUT2D eigenvalue weighted by atomic mass is 32.2. The van der Waals surface area contributed by atoms with Gasteiger partial charge in [0.15, 0.2) is 0 Å². The van der Waals surface area contributed by atoms with E-state index in [1.165, 1.54) is 0 Å². The lowest BCUT2D eigenvalue weighted by Crippen LogP contribution is -2.01. The summed E-state index contributed by atoms with van der Waals surface area (Å²) in [6, 6.07) is 0. The number of carbonyl (C=O) groups is 1. The summed E-state index contributed by atoms with van der Waals surface area (Å²) in [6.07, 6.45) is 0.549. The molecule has 0 fully saturated rings. The van der Waals surface area contributed by atoms with Crippen LogP contribution in [0, 0.1) is 0 Å². The molecule has 0 heterocycles. The molecule has 58 valence electrons. The predicted molar refractivity (Wildman–Crippen MR) is 47.4 cm³/mol. The van der Waals surface area contributed by atoms with Crippen LogP contribution in [0.25, 0.3) is 0 Å². The van der Waals surface area contributed by atoms with Gasteiger partial charge in [0, 0.05) is 6.42 Å². The number of carbonyl (C=O) groups excluding carboxylic acids is 1. The van der Waals surface area contributed by atoms with E-state index in [-0.39, 0.29) is 0 Å². The number of hydrogen-bond donors (Lipinski definition) is 0. The van der Waals surface area contributed by atoms with Gasteiger partial charge in [-0.2, -0.15) is 11.8 Å². The molecule has 0 aliphatic carbocycles. The maximum atomic E-state index is 10.9. The van der Waals surface area contributed by atoms with Crippen molar-refractivity contribution in [1.82, 2.24) is 0 Å². The van der Waals surface area contributed by atoms with Gasteiger partial charge in [-0.15, -0.1) is 0 Å². The molecule has 0 aromatic heterocycles. The summed E-state index contributed by atoms with van der Waals surface area (Å²) in [6.45, 7) is 7.61. The highest BCUT2D eigenvalue weighted by molar-refractivity contribution is 7.99. The summed E-state index contributed by atoms with van der Waals surface area (Å²) in [7, 11) is 0. The molecule has 0 aliphatic rings. The largest absolute Gasteiger partial charge is 0.298 e. The van der Waals surface area contributed by atoms with Gasteiger partial charge >= 0.3 is 0 Å². The molecule has 0 N–H and O–H groups in total. The van der Waals surface area contributed by atoms with Crippen LogP contribution in [0.4, 0.5) is 0 Å². The van der Waals surface area contributed by atoms with Crippen LogP contribution in [0.3, 0.4) is 0 Å². The minimum Gasteiger partial charge on any atom is -0.298 e. The van der Waals surface area contributed by atoms with Gasteiger partial charge in [0.1, 0.15) is 5.78 Å². The lowest BCUT2D eigenvalue weighted by Gasteiger charge is -1.96. The van der Waals surface area contributed by atoms with Crippen LogP contribution in [-0.2, 0) is 4.79 Å². The zero-order valence-electron chi connectivity index (χ0n) is 6.64. The predicted octanol–water partition coefficient (Wildman–Crippen LogP) is 2.27. The molecule has 0 saturated carbocycles. The van der Waals surface area contributed by atoms with Crippen molar-refractivity contribution >= 4 is 17.5 Å². The van der Waals surface area contributed by atoms with Gasteiger partial charge in [-0.1, -0.05) is 19.1 Å². The fourth-order valence-corrected chi connectivity index (χ4v) is 1.14. The van der Waals surface area contributed by atoms with Crippen molar-refractivity contribution in [3.63, 3.8) is 0 Å². The van der Waals surface area contributed by atoms with E-state index >= 15 is 0 Å². The van der Waals surface area contributed by atoms with Crippen molar-refractivity contribution in [3.8, 4) is 0 Å². The minimum absolute atomic E-state index is 0.291. The summed E-state index contributed by atoms with van der Waals surface area (Å²) in [5.41, 5.74) is 0.960. The van der Waals surface area contributed by atoms with Crippen LogP contribution in [0.5, 0.6) is 0 Å². The van der Waals surface area contributed by atoms with Gasteiger partial charge in [-0.25, -0.2) is 0 Å². The Labute approximate surface area is 66.9 Å². The van der Waals surface area contributed by atoms with E-state index in [2.05, 4.69) is 13.5 Å². The Balaban J connectivity index is 3.35. The molecule has 0 amide bonds. The first-order chi connectivity index (χ1) is 4.66. The molecule has 0 spiro atoms. The Morgan fingerprint density at radius 3 is 2.60 bits per heavy atom. The molecular formula is C8H14OS. The van der Waals surface area contributed by atoms with Crippen LogP contribution in [0.1, 0.15) is 20.3 Å². The minimum atomic E-state index is 0.291. The van der Waals surface area contributed by atoms with Gasteiger partial charge in [-0.05, 0) is 12.7 Å². The number of ketones is 1. The van der Waals surface area contributed by atoms with Crippen LogP contribution in [0.2, 0.25) is 0 Å². The molecule has 0 aromatic carbocycles. The topological polar surface area (TPSA) is 17.1 Å². The van der Waals surface area contributed by atoms with E-state index in [1.54, 1.807) is 11.8 Å². The lowest BCUT2D eigenvalue weighted by molar-refractivity contribution is -0.115. The Hall–Kier alpha value is -0.240. The maximum Gasteiger partial charge on any atom is 0.146 e. The van der Waals surface area contributed by atoms with Gasteiger partial charge < -0.3 is 0 Å². The van der Waals surface area contributed by atoms with E-state index in [4.69, 9.17) is 0 Å². The summed E-state index contributed by atoms with van der Waals surface area (Å²) in [5.74, 6) is 1.95. The quantitative estimate of drug-likeness (QED) is 0.571. The van der Waals surface area contributed by atoms with Crippen molar-refractivity contribution in [1.29, 1.82) is 0 Å². The number of allylic oxidation sites excluding steroid dienone is 1. The van der Waals surface area contributed by atoms with Gasteiger partial charge in [-0.3, -0.25) is 4.79 Å². The van der Waals surface area contributed by atoms with E-state index in [1.807, 2.05) is 6.92 Å². The number of thioether (sulfide) groups is 1. The van der Waals surface area contributed by atoms with Crippen LogP contribution in [-0.4, -0.2) is 17.3 Å². The molecular weight excluding hydrogens is 144 g/mol.